The van der Waals surface area contributed by atoms with Crippen molar-refractivity contribution in [1.29, 1.82) is 0 Å². The highest BCUT2D eigenvalue weighted by Crippen LogP contribution is 2.34. The number of aldehydes is 1. The average molecular weight is 234 g/mol. The fourth-order valence-electron chi connectivity index (χ4n) is 2.83. The van der Waals surface area contributed by atoms with Crippen LogP contribution < -0.4 is 0 Å². The first-order chi connectivity index (χ1) is 8.20. The van der Waals surface area contributed by atoms with E-state index in [0.29, 0.717) is 11.8 Å². The molecule has 1 heterocycles. The molecule has 0 radical (unpaired) electrons. The SMILES string of the molecule is CN(C)C1=NCC([C@H]2CC[C@H](C=O)CC2)C=C1. The molecule has 1 fully saturated rings. The van der Waals surface area contributed by atoms with Gasteiger partial charge in [0.25, 0.3) is 0 Å². The number of amidine groups is 1. The van der Waals surface area contributed by atoms with Crippen molar-refractivity contribution in [3.63, 3.8) is 0 Å². The van der Waals surface area contributed by atoms with Crippen molar-refractivity contribution in [2.24, 2.45) is 22.7 Å². The molecule has 94 valence electrons. The Kier molecular flexibility index (Phi) is 3.97. The summed E-state index contributed by atoms with van der Waals surface area (Å²) in [4.78, 5) is 17.4. The van der Waals surface area contributed by atoms with Crippen molar-refractivity contribution in [2.45, 2.75) is 25.7 Å². The number of dihydropyridines is 1. The van der Waals surface area contributed by atoms with Crippen LogP contribution in [0, 0.1) is 17.8 Å². The number of nitrogens with zero attached hydrogens (tertiary/aromatic N) is 2. The lowest BCUT2D eigenvalue weighted by atomic mass is 9.75. The third-order valence-corrected chi connectivity index (χ3v) is 4.03. The molecule has 17 heavy (non-hydrogen) atoms. The van der Waals surface area contributed by atoms with Gasteiger partial charge in [-0.2, -0.15) is 0 Å². The minimum absolute atomic E-state index is 0.319. The number of carbonyl (C=O) groups is 1. The van der Waals surface area contributed by atoms with Crippen LogP contribution in [0.3, 0.4) is 0 Å². The molecule has 0 aromatic carbocycles. The summed E-state index contributed by atoms with van der Waals surface area (Å²) in [6.07, 6.45) is 10.1. The van der Waals surface area contributed by atoms with Gasteiger partial charge in [-0.25, -0.2) is 0 Å². The molecule has 1 aliphatic heterocycles. The zero-order valence-electron chi connectivity index (χ0n) is 10.8. The zero-order valence-corrected chi connectivity index (χ0v) is 10.8. The van der Waals surface area contributed by atoms with Crippen LogP contribution in [-0.4, -0.2) is 37.7 Å². The Morgan fingerprint density at radius 1 is 1.29 bits per heavy atom. The van der Waals surface area contributed by atoms with Crippen LogP contribution in [0.15, 0.2) is 17.1 Å². The summed E-state index contributed by atoms with van der Waals surface area (Å²) in [5, 5.41) is 0. The van der Waals surface area contributed by atoms with E-state index >= 15 is 0 Å². The molecule has 0 saturated heterocycles. The first kappa shape index (κ1) is 12.3. The summed E-state index contributed by atoms with van der Waals surface area (Å²) >= 11 is 0. The fourth-order valence-corrected chi connectivity index (χ4v) is 2.83. The maximum absolute atomic E-state index is 10.7. The molecule has 0 aromatic heterocycles. The van der Waals surface area contributed by atoms with E-state index in [9.17, 15) is 4.79 Å². The maximum atomic E-state index is 10.7. The van der Waals surface area contributed by atoms with E-state index in [1.807, 2.05) is 14.1 Å². The molecule has 0 amide bonds. The van der Waals surface area contributed by atoms with Gasteiger partial charge in [0.15, 0.2) is 0 Å². The van der Waals surface area contributed by atoms with Crippen LogP contribution in [0.4, 0.5) is 0 Å². The maximum Gasteiger partial charge on any atom is 0.123 e. The highest BCUT2D eigenvalue weighted by molar-refractivity contribution is 5.93. The summed E-state index contributed by atoms with van der Waals surface area (Å²) < 4.78 is 0. The quantitative estimate of drug-likeness (QED) is 0.686. The first-order valence-electron chi connectivity index (χ1n) is 6.56. The number of carbonyl (C=O) groups excluding carboxylic acids is 1. The van der Waals surface area contributed by atoms with E-state index in [1.165, 1.54) is 12.8 Å². The van der Waals surface area contributed by atoms with Crippen LogP contribution >= 0.6 is 0 Å². The van der Waals surface area contributed by atoms with Gasteiger partial charge >= 0.3 is 0 Å². The number of hydrogen-bond acceptors (Lipinski definition) is 3. The van der Waals surface area contributed by atoms with E-state index in [0.717, 1.165) is 37.4 Å². The number of likely N-dealkylation sites (N-methyl/N-ethyl adjacent to an activating group) is 1. The molecule has 0 spiro atoms. The number of rotatable bonds is 2. The van der Waals surface area contributed by atoms with Gasteiger partial charge < -0.3 is 9.69 Å². The van der Waals surface area contributed by atoms with Crippen molar-refractivity contribution in [1.82, 2.24) is 4.90 Å². The molecule has 1 saturated carbocycles. The number of aliphatic imine (C=N–C) groups is 1. The minimum Gasteiger partial charge on any atom is -0.363 e. The molecule has 2 aliphatic rings. The van der Waals surface area contributed by atoms with Crippen LogP contribution in [0.25, 0.3) is 0 Å². The Bertz CT molecular complexity index is 325. The van der Waals surface area contributed by atoms with Gasteiger partial charge in [0.05, 0.1) is 0 Å². The third kappa shape index (κ3) is 2.96. The highest BCUT2D eigenvalue weighted by Gasteiger charge is 2.27. The van der Waals surface area contributed by atoms with Gasteiger partial charge in [-0.05, 0) is 43.6 Å². The van der Waals surface area contributed by atoms with Gasteiger partial charge in [-0.15, -0.1) is 0 Å². The summed E-state index contributed by atoms with van der Waals surface area (Å²) in [6.45, 7) is 0.917. The first-order valence-corrected chi connectivity index (χ1v) is 6.56. The molecular formula is C14H22N2O. The minimum atomic E-state index is 0.319. The molecule has 1 aliphatic carbocycles. The van der Waals surface area contributed by atoms with Crippen molar-refractivity contribution in [3.05, 3.63) is 12.2 Å². The monoisotopic (exact) mass is 234 g/mol. The van der Waals surface area contributed by atoms with E-state index in [4.69, 9.17) is 0 Å². The lowest BCUT2D eigenvalue weighted by Gasteiger charge is -2.31. The normalized spacial score (nSPS) is 33.1. The van der Waals surface area contributed by atoms with E-state index < -0.39 is 0 Å². The predicted molar refractivity (Wildman–Crippen MR) is 70.1 cm³/mol. The molecule has 0 aromatic rings. The summed E-state index contributed by atoms with van der Waals surface area (Å²) in [7, 11) is 4.05. The second kappa shape index (κ2) is 5.48. The third-order valence-electron chi connectivity index (χ3n) is 4.03. The molecule has 0 N–H and O–H groups in total. The lowest BCUT2D eigenvalue weighted by Crippen LogP contribution is -2.28. The van der Waals surface area contributed by atoms with E-state index in [-0.39, 0.29) is 0 Å². The second-order valence-electron chi connectivity index (χ2n) is 5.43. The van der Waals surface area contributed by atoms with Crippen molar-refractivity contribution >= 4 is 12.1 Å². The van der Waals surface area contributed by atoms with Gasteiger partial charge in [0.2, 0.25) is 0 Å². The van der Waals surface area contributed by atoms with Gasteiger partial charge in [-0.3, -0.25) is 4.99 Å². The second-order valence-corrected chi connectivity index (χ2v) is 5.43. The van der Waals surface area contributed by atoms with Crippen molar-refractivity contribution < 1.29 is 4.79 Å². The van der Waals surface area contributed by atoms with Crippen molar-refractivity contribution in [2.75, 3.05) is 20.6 Å². The molecule has 1 unspecified atom stereocenters. The molecule has 1 atom stereocenters. The summed E-state index contributed by atoms with van der Waals surface area (Å²) in [5.41, 5.74) is 0. The van der Waals surface area contributed by atoms with Crippen LogP contribution in [0.5, 0.6) is 0 Å². The van der Waals surface area contributed by atoms with E-state index in [1.54, 1.807) is 0 Å². The zero-order chi connectivity index (χ0) is 12.3. The Labute approximate surface area is 104 Å². The largest absolute Gasteiger partial charge is 0.363 e. The smallest absolute Gasteiger partial charge is 0.123 e. The Balaban J connectivity index is 1.86. The Hall–Kier alpha value is -1.12. The fraction of sp³-hybridized carbons (Fsp3) is 0.714. The molecule has 0 bridgehead atoms. The Morgan fingerprint density at radius 2 is 2.00 bits per heavy atom. The van der Waals surface area contributed by atoms with Crippen LogP contribution in [0.1, 0.15) is 25.7 Å². The van der Waals surface area contributed by atoms with Gasteiger partial charge in [0, 0.05) is 26.6 Å². The summed E-state index contributed by atoms with van der Waals surface area (Å²) in [5.74, 6) is 2.71. The predicted octanol–water partition coefficient (Wildman–Crippen LogP) is 2.14. The van der Waals surface area contributed by atoms with Gasteiger partial charge in [0.1, 0.15) is 12.1 Å². The Morgan fingerprint density at radius 3 is 2.47 bits per heavy atom. The highest BCUT2D eigenvalue weighted by atomic mass is 16.1. The lowest BCUT2D eigenvalue weighted by molar-refractivity contribution is -0.112. The molecule has 3 heteroatoms. The number of hydrogen-bond donors (Lipinski definition) is 0. The standard InChI is InChI=1S/C14H22N2O/c1-16(2)14-8-7-13(9-15-14)12-5-3-11(10-17)4-6-12/h7-8,10-13H,3-6,9H2,1-2H3/t11-,12-,13?. The van der Waals surface area contributed by atoms with Crippen molar-refractivity contribution in [3.8, 4) is 0 Å². The molecular weight excluding hydrogens is 212 g/mol. The van der Waals surface area contributed by atoms with E-state index in [2.05, 4.69) is 22.0 Å². The topological polar surface area (TPSA) is 32.7 Å². The van der Waals surface area contributed by atoms with Gasteiger partial charge in [-0.1, -0.05) is 6.08 Å². The molecule has 2 rings (SSSR count). The van der Waals surface area contributed by atoms with Crippen LogP contribution in [0.2, 0.25) is 0 Å². The summed E-state index contributed by atoms with van der Waals surface area (Å²) in [6, 6.07) is 0. The average Bonchev–Trinajstić information content (AvgIpc) is 2.39. The molecule has 3 nitrogen and oxygen atoms in total. The van der Waals surface area contributed by atoms with Crippen LogP contribution in [-0.2, 0) is 4.79 Å².